The minimum absolute atomic E-state index is 0. The number of carbonyl (C=O) groups is 1. The molecule has 2 N–H and O–H groups in total. The molecule has 1 saturated heterocycles. The number of hydrogen-bond acceptors (Lipinski definition) is 3. The van der Waals surface area contributed by atoms with Crippen molar-refractivity contribution in [2.24, 2.45) is 4.99 Å². The van der Waals surface area contributed by atoms with E-state index < -0.39 is 0 Å². The van der Waals surface area contributed by atoms with E-state index in [1.54, 1.807) is 26.0 Å². The third kappa shape index (κ3) is 6.98. The molecule has 2 rings (SSSR count). The van der Waals surface area contributed by atoms with Gasteiger partial charge in [0.25, 0.3) is 5.91 Å². The number of aliphatic imine (C=N–C) groups is 1. The highest BCUT2D eigenvalue weighted by Crippen LogP contribution is 2.36. The third-order valence-electron chi connectivity index (χ3n) is 4.44. The first-order valence-electron chi connectivity index (χ1n) is 8.82. The highest BCUT2D eigenvalue weighted by molar-refractivity contribution is 14.0. The van der Waals surface area contributed by atoms with Crippen LogP contribution in [0.25, 0.3) is 0 Å². The molecule has 7 heteroatoms. The lowest BCUT2D eigenvalue weighted by Gasteiger charge is -2.24. The molecule has 5 nitrogen and oxygen atoms in total. The summed E-state index contributed by atoms with van der Waals surface area (Å²) in [5.74, 6) is 2.13. The van der Waals surface area contributed by atoms with Gasteiger partial charge in [0, 0.05) is 44.5 Å². The lowest BCUT2D eigenvalue weighted by atomic mass is 10.1. The van der Waals surface area contributed by atoms with E-state index in [4.69, 9.17) is 0 Å². The predicted molar refractivity (Wildman–Crippen MR) is 123 cm³/mol. The SMILES string of the molecule is CN=C(NCCc1cccc(C(=O)N(C)C)c1)NCC1(C)CCCS1.I. The smallest absolute Gasteiger partial charge is 0.253 e. The number of hydrogen-bond donors (Lipinski definition) is 2. The molecular weight excluding hydrogens is 459 g/mol. The first-order valence-corrected chi connectivity index (χ1v) is 9.81. The molecular formula is C19H31IN4OS. The fourth-order valence-corrected chi connectivity index (χ4v) is 4.16. The number of rotatable bonds is 6. The molecule has 1 aliphatic rings. The standard InChI is InChI=1S/C19H30N4OS.HI/c1-19(10-6-12-25-19)14-22-18(20-2)21-11-9-15-7-5-8-16(13-15)17(24)23(3)4;/h5,7-8,13H,6,9-12,14H2,1-4H3,(H2,20,21,22);1H. The van der Waals surface area contributed by atoms with Gasteiger partial charge in [-0.3, -0.25) is 9.79 Å². The highest BCUT2D eigenvalue weighted by Gasteiger charge is 2.29. The van der Waals surface area contributed by atoms with E-state index in [0.29, 0.717) is 4.75 Å². The van der Waals surface area contributed by atoms with Crippen LogP contribution in [-0.2, 0) is 6.42 Å². The lowest BCUT2D eigenvalue weighted by molar-refractivity contribution is 0.0827. The van der Waals surface area contributed by atoms with Crippen LogP contribution in [0.2, 0.25) is 0 Å². The van der Waals surface area contributed by atoms with E-state index in [-0.39, 0.29) is 29.9 Å². The molecule has 1 amide bonds. The molecule has 0 spiro atoms. The molecule has 1 aromatic rings. The molecule has 146 valence electrons. The second-order valence-corrected chi connectivity index (χ2v) is 8.59. The predicted octanol–water partition coefficient (Wildman–Crippen LogP) is 3.00. The van der Waals surface area contributed by atoms with Crippen LogP contribution < -0.4 is 10.6 Å². The van der Waals surface area contributed by atoms with Gasteiger partial charge in [-0.05, 0) is 49.6 Å². The molecule has 0 saturated carbocycles. The van der Waals surface area contributed by atoms with Crippen LogP contribution in [0.3, 0.4) is 0 Å². The Hall–Kier alpha value is -0.960. The lowest BCUT2D eigenvalue weighted by Crippen LogP contribution is -2.44. The van der Waals surface area contributed by atoms with Gasteiger partial charge < -0.3 is 15.5 Å². The van der Waals surface area contributed by atoms with Crippen LogP contribution in [0, 0.1) is 0 Å². The highest BCUT2D eigenvalue weighted by atomic mass is 127. The number of benzene rings is 1. The van der Waals surface area contributed by atoms with Crippen LogP contribution in [0.15, 0.2) is 29.3 Å². The average Bonchev–Trinajstić information content (AvgIpc) is 3.04. The van der Waals surface area contributed by atoms with E-state index >= 15 is 0 Å². The quantitative estimate of drug-likeness (QED) is 0.366. The Balaban J connectivity index is 0.00000338. The van der Waals surface area contributed by atoms with Crippen LogP contribution in [0.4, 0.5) is 0 Å². The Kier molecular flexibility index (Phi) is 9.78. The zero-order valence-corrected chi connectivity index (χ0v) is 19.3. The molecule has 1 unspecified atom stereocenters. The number of guanidine groups is 1. The number of carbonyl (C=O) groups excluding carboxylic acids is 1. The molecule has 26 heavy (non-hydrogen) atoms. The van der Waals surface area contributed by atoms with Crippen molar-refractivity contribution in [3.8, 4) is 0 Å². The molecule has 1 heterocycles. The molecule has 0 aliphatic carbocycles. The Labute approximate surface area is 178 Å². The van der Waals surface area contributed by atoms with E-state index in [9.17, 15) is 4.79 Å². The zero-order valence-electron chi connectivity index (χ0n) is 16.2. The second kappa shape index (κ2) is 11.0. The Morgan fingerprint density at radius 1 is 1.35 bits per heavy atom. The van der Waals surface area contributed by atoms with Crippen molar-refractivity contribution >= 4 is 47.6 Å². The number of halogens is 1. The molecule has 1 aromatic carbocycles. The number of nitrogens with one attached hydrogen (secondary N) is 2. The van der Waals surface area contributed by atoms with E-state index in [0.717, 1.165) is 36.6 Å². The number of nitrogens with zero attached hydrogens (tertiary/aromatic N) is 2. The summed E-state index contributed by atoms with van der Waals surface area (Å²) >= 11 is 2.04. The van der Waals surface area contributed by atoms with Crippen LogP contribution in [-0.4, -0.2) is 61.5 Å². The summed E-state index contributed by atoms with van der Waals surface area (Å²) < 4.78 is 0.318. The van der Waals surface area contributed by atoms with Gasteiger partial charge in [0.15, 0.2) is 5.96 Å². The fourth-order valence-electron chi connectivity index (χ4n) is 2.91. The normalized spacial score (nSPS) is 19.6. The van der Waals surface area contributed by atoms with Crippen molar-refractivity contribution in [1.29, 1.82) is 0 Å². The first kappa shape index (κ1) is 23.1. The molecule has 1 atom stereocenters. The van der Waals surface area contributed by atoms with Gasteiger partial charge >= 0.3 is 0 Å². The zero-order chi connectivity index (χ0) is 18.3. The Morgan fingerprint density at radius 3 is 2.73 bits per heavy atom. The average molecular weight is 490 g/mol. The molecule has 0 bridgehead atoms. The van der Waals surface area contributed by atoms with Gasteiger partial charge in [0.2, 0.25) is 0 Å². The van der Waals surface area contributed by atoms with Gasteiger partial charge in [-0.15, -0.1) is 24.0 Å². The first-order chi connectivity index (χ1) is 11.9. The fraction of sp³-hybridized carbons (Fsp3) is 0.579. The van der Waals surface area contributed by atoms with Crippen molar-refractivity contribution in [1.82, 2.24) is 15.5 Å². The maximum atomic E-state index is 12.0. The van der Waals surface area contributed by atoms with Gasteiger partial charge in [-0.1, -0.05) is 12.1 Å². The summed E-state index contributed by atoms with van der Waals surface area (Å²) in [6.45, 7) is 4.03. The Bertz CT molecular complexity index is 615. The third-order valence-corrected chi connectivity index (χ3v) is 5.98. The largest absolute Gasteiger partial charge is 0.356 e. The summed E-state index contributed by atoms with van der Waals surface area (Å²) in [6.07, 6.45) is 3.41. The maximum absolute atomic E-state index is 12.0. The van der Waals surface area contributed by atoms with Crippen LogP contribution in [0.5, 0.6) is 0 Å². The number of thioether (sulfide) groups is 1. The van der Waals surface area contributed by atoms with Gasteiger partial charge in [0.05, 0.1) is 0 Å². The van der Waals surface area contributed by atoms with Crippen LogP contribution >= 0.6 is 35.7 Å². The van der Waals surface area contributed by atoms with E-state index in [2.05, 4.69) is 28.6 Å². The van der Waals surface area contributed by atoms with Gasteiger partial charge in [-0.25, -0.2) is 0 Å². The van der Waals surface area contributed by atoms with Crippen molar-refractivity contribution in [3.63, 3.8) is 0 Å². The van der Waals surface area contributed by atoms with Crippen molar-refractivity contribution in [3.05, 3.63) is 35.4 Å². The molecule has 1 aliphatic heterocycles. The minimum atomic E-state index is 0. The van der Waals surface area contributed by atoms with Crippen LogP contribution in [0.1, 0.15) is 35.7 Å². The van der Waals surface area contributed by atoms with E-state index in [1.807, 2.05) is 30.0 Å². The second-order valence-electron chi connectivity index (χ2n) is 6.90. The summed E-state index contributed by atoms with van der Waals surface area (Å²) in [5, 5.41) is 6.80. The van der Waals surface area contributed by atoms with Gasteiger partial charge in [-0.2, -0.15) is 11.8 Å². The topological polar surface area (TPSA) is 56.7 Å². The molecule has 0 aromatic heterocycles. The summed E-state index contributed by atoms with van der Waals surface area (Å²) in [6, 6.07) is 7.83. The molecule has 1 fully saturated rings. The monoisotopic (exact) mass is 490 g/mol. The number of amides is 1. The van der Waals surface area contributed by atoms with Crippen molar-refractivity contribution in [2.45, 2.75) is 30.9 Å². The summed E-state index contributed by atoms with van der Waals surface area (Å²) in [7, 11) is 5.35. The summed E-state index contributed by atoms with van der Waals surface area (Å²) in [4.78, 5) is 18.0. The van der Waals surface area contributed by atoms with E-state index in [1.165, 1.54) is 18.6 Å². The summed E-state index contributed by atoms with van der Waals surface area (Å²) in [5.41, 5.74) is 1.88. The molecule has 0 radical (unpaired) electrons. The Morgan fingerprint density at radius 2 is 2.12 bits per heavy atom. The van der Waals surface area contributed by atoms with Crippen molar-refractivity contribution in [2.75, 3.05) is 40.0 Å². The van der Waals surface area contributed by atoms with Gasteiger partial charge in [0.1, 0.15) is 0 Å². The minimum Gasteiger partial charge on any atom is -0.356 e. The van der Waals surface area contributed by atoms with Crippen molar-refractivity contribution < 1.29 is 4.79 Å². The maximum Gasteiger partial charge on any atom is 0.253 e.